The summed E-state index contributed by atoms with van der Waals surface area (Å²) in [5.41, 5.74) is 8.93. The molecule has 3 N–H and O–H groups in total. The van der Waals surface area contributed by atoms with E-state index in [4.69, 9.17) is 0 Å². The van der Waals surface area contributed by atoms with Crippen LogP contribution in [0.1, 0.15) is 5.56 Å². The molecule has 198 valence electrons. The number of anilines is 1. The van der Waals surface area contributed by atoms with Crippen molar-refractivity contribution in [2.45, 2.75) is 6.42 Å². The number of benzene rings is 4. The molecule has 0 unspecified atom stereocenters. The summed E-state index contributed by atoms with van der Waals surface area (Å²) in [6, 6.07) is 32.3. The molecular formula is C34H24FN5O. The van der Waals surface area contributed by atoms with E-state index < -0.39 is 0 Å². The van der Waals surface area contributed by atoms with Gasteiger partial charge in [-0.1, -0.05) is 60.7 Å². The van der Waals surface area contributed by atoms with Crippen LogP contribution in [0, 0.1) is 5.82 Å². The second-order valence-corrected chi connectivity index (χ2v) is 9.96. The van der Waals surface area contributed by atoms with Gasteiger partial charge < -0.3 is 10.3 Å². The topological polar surface area (TPSA) is 86.5 Å². The number of H-pyrrole nitrogens is 2. The quantitative estimate of drug-likeness (QED) is 0.203. The third kappa shape index (κ3) is 4.85. The van der Waals surface area contributed by atoms with E-state index in [9.17, 15) is 9.18 Å². The molecule has 3 heterocycles. The first-order valence-corrected chi connectivity index (χ1v) is 13.3. The Morgan fingerprint density at radius 2 is 1.59 bits per heavy atom. The van der Waals surface area contributed by atoms with E-state index in [1.807, 2.05) is 66.7 Å². The Balaban J connectivity index is 1.21. The third-order valence-corrected chi connectivity index (χ3v) is 7.20. The zero-order valence-corrected chi connectivity index (χ0v) is 21.9. The van der Waals surface area contributed by atoms with Gasteiger partial charge in [-0.2, -0.15) is 5.10 Å². The molecule has 3 aromatic heterocycles. The number of fused-ring (bicyclic) bond motifs is 2. The van der Waals surface area contributed by atoms with Crippen LogP contribution < -0.4 is 5.32 Å². The average molecular weight is 538 g/mol. The van der Waals surface area contributed by atoms with E-state index in [1.165, 1.54) is 12.1 Å². The van der Waals surface area contributed by atoms with Crippen molar-refractivity contribution in [1.82, 2.24) is 20.2 Å². The highest BCUT2D eigenvalue weighted by molar-refractivity contribution is 6.02. The largest absolute Gasteiger partial charge is 0.353 e. The molecule has 7 rings (SSSR count). The summed E-state index contributed by atoms with van der Waals surface area (Å²) in [5.74, 6) is -0.355. The van der Waals surface area contributed by atoms with E-state index in [0.717, 1.165) is 61.0 Å². The van der Waals surface area contributed by atoms with E-state index in [-0.39, 0.29) is 11.7 Å². The first kappa shape index (κ1) is 24.5. The van der Waals surface area contributed by atoms with Gasteiger partial charge in [0.05, 0.1) is 29.5 Å². The third-order valence-electron chi connectivity index (χ3n) is 7.20. The molecule has 0 aliphatic heterocycles. The van der Waals surface area contributed by atoms with Crippen molar-refractivity contribution >= 4 is 33.4 Å². The molecule has 4 aromatic carbocycles. The van der Waals surface area contributed by atoms with Gasteiger partial charge in [-0.15, -0.1) is 0 Å². The lowest BCUT2D eigenvalue weighted by Crippen LogP contribution is -2.14. The van der Waals surface area contributed by atoms with Crippen LogP contribution in [-0.4, -0.2) is 26.1 Å². The molecule has 0 aliphatic rings. The van der Waals surface area contributed by atoms with Gasteiger partial charge in [-0.3, -0.25) is 14.9 Å². The van der Waals surface area contributed by atoms with Gasteiger partial charge in [0.25, 0.3) is 0 Å². The zero-order valence-electron chi connectivity index (χ0n) is 21.9. The van der Waals surface area contributed by atoms with E-state index in [1.54, 1.807) is 24.5 Å². The number of pyridine rings is 1. The van der Waals surface area contributed by atoms with Crippen molar-refractivity contribution in [2.24, 2.45) is 0 Å². The maximum atomic E-state index is 13.5. The zero-order chi connectivity index (χ0) is 27.8. The SMILES string of the molecule is O=C(Cc1ccccc1)Nc1cncc(-c2ccc3[nH]nc(-c4cc5c(-c6ccc(F)cc6)cccc5[nH]4)c3c2)c1. The summed E-state index contributed by atoms with van der Waals surface area (Å²) in [4.78, 5) is 20.5. The van der Waals surface area contributed by atoms with Crippen molar-refractivity contribution in [3.05, 3.63) is 127 Å². The summed E-state index contributed by atoms with van der Waals surface area (Å²) in [5, 5.41) is 12.7. The molecule has 0 spiro atoms. The number of nitrogens with zero attached hydrogens (tertiary/aromatic N) is 2. The Morgan fingerprint density at radius 3 is 2.44 bits per heavy atom. The second-order valence-electron chi connectivity index (χ2n) is 9.96. The van der Waals surface area contributed by atoms with Gasteiger partial charge in [-0.25, -0.2) is 4.39 Å². The minimum Gasteiger partial charge on any atom is -0.353 e. The standard InChI is InChI=1S/C34H24FN5O/c35-25-12-9-22(10-13-25)27-7-4-8-30-28(27)18-32(38-30)34-29-17-23(11-14-31(29)39-40-34)24-16-26(20-36-19-24)37-33(41)15-21-5-2-1-3-6-21/h1-14,16-20,38H,15H2,(H,37,41)(H,39,40). The van der Waals surface area contributed by atoms with Gasteiger partial charge in [0.1, 0.15) is 11.5 Å². The van der Waals surface area contributed by atoms with E-state index in [2.05, 4.69) is 37.6 Å². The van der Waals surface area contributed by atoms with Gasteiger partial charge in [-0.05, 0) is 64.7 Å². The molecule has 0 saturated heterocycles. The highest BCUT2D eigenvalue weighted by atomic mass is 19.1. The Labute approximate surface area is 234 Å². The number of hydrogen-bond acceptors (Lipinski definition) is 3. The molecule has 1 amide bonds. The first-order valence-electron chi connectivity index (χ1n) is 13.3. The molecule has 7 aromatic rings. The predicted molar refractivity (Wildman–Crippen MR) is 161 cm³/mol. The highest BCUT2D eigenvalue weighted by Gasteiger charge is 2.15. The van der Waals surface area contributed by atoms with Crippen LogP contribution in [0.25, 0.3) is 55.4 Å². The Morgan fingerprint density at radius 1 is 0.756 bits per heavy atom. The molecule has 41 heavy (non-hydrogen) atoms. The number of halogens is 1. The first-order chi connectivity index (χ1) is 20.1. The van der Waals surface area contributed by atoms with Crippen LogP contribution in [0.5, 0.6) is 0 Å². The van der Waals surface area contributed by atoms with E-state index >= 15 is 0 Å². The molecule has 0 saturated carbocycles. The van der Waals surface area contributed by atoms with Gasteiger partial charge in [0.15, 0.2) is 0 Å². The van der Waals surface area contributed by atoms with Crippen LogP contribution in [0.4, 0.5) is 10.1 Å². The molecule has 7 heteroatoms. The number of carbonyl (C=O) groups is 1. The monoisotopic (exact) mass is 537 g/mol. The minimum absolute atomic E-state index is 0.0958. The van der Waals surface area contributed by atoms with Crippen LogP contribution in [0.3, 0.4) is 0 Å². The summed E-state index contributed by atoms with van der Waals surface area (Å²) in [7, 11) is 0. The lowest BCUT2D eigenvalue weighted by atomic mass is 10.0. The normalized spacial score (nSPS) is 11.2. The van der Waals surface area contributed by atoms with Crippen LogP contribution >= 0.6 is 0 Å². The minimum atomic E-state index is -0.259. The van der Waals surface area contributed by atoms with Crippen molar-refractivity contribution in [3.8, 4) is 33.6 Å². The van der Waals surface area contributed by atoms with Gasteiger partial charge >= 0.3 is 0 Å². The Kier molecular flexibility index (Phi) is 6.09. The van der Waals surface area contributed by atoms with Crippen LogP contribution in [0.15, 0.2) is 116 Å². The number of carbonyl (C=O) groups excluding carboxylic acids is 1. The number of aromatic amines is 2. The van der Waals surface area contributed by atoms with Crippen LogP contribution in [0.2, 0.25) is 0 Å². The number of aromatic nitrogens is 4. The van der Waals surface area contributed by atoms with Crippen molar-refractivity contribution in [3.63, 3.8) is 0 Å². The van der Waals surface area contributed by atoms with Gasteiger partial charge in [0.2, 0.25) is 5.91 Å². The van der Waals surface area contributed by atoms with Crippen molar-refractivity contribution < 1.29 is 9.18 Å². The molecule has 0 fully saturated rings. The molecule has 0 bridgehead atoms. The molecular weight excluding hydrogens is 513 g/mol. The molecule has 0 aliphatic carbocycles. The predicted octanol–water partition coefficient (Wildman–Crippen LogP) is 7.76. The van der Waals surface area contributed by atoms with Crippen molar-refractivity contribution in [2.75, 3.05) is 5.32 Å². The lowest BCUT2D eigenvalue weighted by Gasteiger charge is -2.08. The molecule has 6 nitrogen and oxygen atoms in total. The fourth-order valence-corrected chi connectivity index (χ4v) is 5.22. The number of hydrogen-bond donors (Lipinski definition) is 3. The molecule has 0 atom stereocenters. The Bertz CT molecular complexity index is 2030. The Hall–Kier alpha value is -5.56. The number of amides is 1. The second kappa shape index (κ2) is 10.2. The summed E-state index contributed by atoms with van der Waals surface area (Å²) >= 11 is 0. The van der Waals surface area contributed by atoms with E-state index in [0.29, 0.717) is 12.1 Å². The van der Waals surface area contributed by atoms with Crippen LogP contribution in [-0.2, 0) is 11.2 Å². The van der Waals surface area contributed by atoms with Crippen molar-refractivity contribution in [1.29, 1.82) is 0 Å². The molecule has 0 radical (unpaired) electrons. The lowest BCUT2D eigenvalue weighted by molar-refractivity contribution is -0.115. The van der Waals surface area contributed by atoms with Gasteiger partial charge in [0, 0.05) is 28.0 Å². The number of rotatable bonds is 6. The summed E-state index contributed by atoms with van der Waals surface area (Å²) < 4.78 is 13.5. The fourth-order valence-electron chi connectivity index (χ4n) is 5.22. The highest BCUT2D eigenvalue weighted by Crippen LogP contribution is 2.35. The average Bonchev–Trinajstić information content (AvgIpc) is 3.62. The summed E-state index contributed by atoms with van der Waals surface area (Å²) in [6.45, 7) is 0. The number of nitrogens with one attached hydrogen (secondary N) is 3. The summed E-state index contributed by atoms with van der Waals surface area (Å²) in [6.07, 6.45) is 3.73. The maximum absolute atomic E-state index is 13.5. The maximum Gasteiger partial charge on any atom is 0.228 e. The smallest absolute Gasteiger partial charge is 0.228 e. The fraction of sp³-hybridized carbons (Fsp3) is 0.0294.